The Morgan fingerprint density at radius 1 is 1.19 bits per heavy atom. The van der Waals surface area contributed by atoms with E-state index in [9.17, 15) is 14.0 Å². The third-order valence-corrected chi connectivity index (χ3v) is 6.28. The van der Waals surface area contributed by atoms with Gasteiger partial charge < -0.3 is 15.4 Å². The number of nitrogens with one attached hydrogen (secondary N) is 2. The fourth-order valence-corrected chi connectivity index (χ4v) is 4.20. The smallest absolute Gasteiger partial charge is 0.257 e. The summed E-state index contributed by atoms with van der Waals surface area (Å²) in [4.78, 5) is 29.8. The van der Waals surface area contributed by atoms with Crippen molar-refractivity contribution in [3.63, 3.8) is 0 Å². The topological polar surface area (TPSA) is 80.3 Å². The first-order chi connectivity index (χ1) is 15.5. The summed E-state index contributed by atoms with van der Waals surface area (Å²) < 4.78 is 19.7. The summed E-state index contributed by atoms with van der Waals surface area (Å²) in [5.74, 6) is 0.0241. The summed E-state index contributed by atoms with van der Waals surface area (Å²) in [6.07, 6.45) is 7.05. The molecule has 2 N–H and O–H groups in total. The number of nitrogens with zero attached hydrogens (tertiary/aromatic N) is 1. The number of carbonyl (C=O) groups is 2. The minimum Gasteiger partial charge on any atom is -0.438 e. The molecule has 0 radical (unpaired) electrons. The van der Waals surface area contributed by atoms with Gasteiger partial charge in [0.05, 0.1) is 6.20 Å². The third-order valence-electron chi connectivity index (χ3n) is 5.28. The fraction of sp³-hybridized carbons (Fsp3) is 0.435. The van der Waals surface area contributed by atoms with Gasteiger partial charge in [-0.2, -0.15) is 0 Å². The Morgan fingerprint density at radius 3 is 2.59 bits per heavy atom. The molecule has 0 atom stereocenters. The summed E-state index contributed by atoms with van der Waals surface area (Å²) >= 11 is 7.19. The Labute approximate surface area is 196 Å². The number of ether oxygens (including phenoxy) is 1. The highest BCUT2D eigenvalue weighted by Gasteiger charge is 2.25. The van der Waals surface area contributed by atoms with Crippen molar-refractivity contribution in [2.45, 2.75) is 55.5 Å². The van der Waals surface area contributed by atoms with Crippen LogP contribution < -0.4 is 15.4 Å². The van der Waals surface area contributed by atoms with Gasteiger partial charge in [-0.15, -0.1) is 23.4 Å². The zero-order valence-electron chi connectivity index (χ0n) is 17.9. The Kier molecular flexibility index (Phi) is 9.17. The lowest BCUT2D eigenvalue weighted by molar-refractivity contribution is -0.122. The molecule has 0 unspecified atom stereocenters. The summed E-state index contributed by atoms with van der Waals surface area (Å²) in [6.45, 7) is 0. The summed E-state index contributed by atoms with van der Waals surface area (Å²) in [5.41, 5.74) is 0.0519. The first-order valence-corrected chi connectivity index (χ1v) is 12.4. The zero-order chi connectivity index (χ0) is 22.9. The van der Waals surface area contributed by atoms with E-state index in [0.717, 1.165) is 42.8 Å². The lowest BCUT2D eigenvalue weighted by Gasteiger charge is -2.29. The van der Waals surface area contributed by atoms with E-state index >= 15 is 0 Å². The quantitative estimate of drug-likeness (QED) is 0.394. The van der Waals surface area contributed by atoms with E-state index in [1.165, 1.54) is 0 Å². The molecule has 1 saturated carbocycles. The van der Waals surface area contributed by atoms with E-state index in [2.05, 4.69) is 15.6 Å². The molecule has 1 fully saturated rings. The van der Waals surface area contributed by atoms with Gasteiger partial charge in [0.15, 0.2) is 0 Å². The second kappa shape index (κ2) is 12.1. The molecular weight excluding hydrogens is 453 g/mol. The van der Waals surface area contributed by atoms with E-state index in [0.29, 0.717) is 24.5 Å². The third kappa shape index (κ3) is 7.10. The number of amides is 2. The average molecular weight is 480 g/mol. The van der Waals surface area contributed by atoms with Crippen molar-refractivity contribution >= 4 is 35.2 Å². The molecule has 6 nitrogen and oxygen atoms in total. The summed E-state index contributed by atoms with van der Waals surface area (Å²) in [5, 5.41) is 5.98. The maximum Gasteiger partial charge on any atom is 0.257 e. The van der Waals surface area contributed by atoms with E-state index < -0.39 is 11.7 Å². The van der Waals surface area contributed by atoms with Crippen LogP contribution in [0.2, 0.25) is 0 Å². The number of hydrogen-bond donors (Lipinski definition) is 2. The maximum absolute atomic E-state index is 13.9. The monoisotopic (exact) mass is 479 g/mol. The number of hydrogen-bond acceptors (Lipinski definition) is 5. The van der Waals surface area contributed by atoms with Crippen molar-refractivity contribution in [3.05, 3.63) is 47.9 Å². The van der Waals surface area contributed by atoms with Crippen molar-refractivity contribution in [1.29, 1.82) is 0 Å². The van der Waals surface area contributed by atoms with Crippen LogP contribution in [0, 0.1) is 5.82 Å². The summed E-state index contributed by atoms with van der Waals surface area (Å²) in [6, 6.07) is 8.56. The van der Waals surface area contributed by atoms with Crippen LogP contribution in [0.25, 0.3) is 0 Å². The lowest BCUT2D eigenvalue weighted by atomic mass is 9.91. The van der Waals surface area contributed by atoms with Gasteiger partial charge in [0.1, 0.15) is 17.1 Å². The first kappa shape index (κ1) is 24.3. The van der Waals surface area contributed by atoms with Crippen LogP contribution in [-0.4, -0.2) is 41.0 Å². The highest BCUT2D eigenvalue weighted by molar-refractivity contribution is 7.98. The molecule has 2 aromatic rings. The van der Waals surface area contributed by atoms with Crippen molar-refractivity contribution in [3.8, 4) is 11.6 Å². The molecule has 172 valence electrons. The van der Waals surface area contributed by atoms with Crippen LogP contribution in [0.3, 0.4) is 0 Å². The Morgan fingerprint density at radius 2 is 1.91 bits per heavy atom. The molecule has 9 heteroatoms. The van der Waals surface area contributed by atoms with Crippen LogP contribution >= 0.6 is 23.4 Å². The predicted molar refractivity (Wildman–Crippen MR) is 124 cm³/mol. The van der Waals surface area contributed by atoms with Gasteiger partial charge in [0.2, 0.25) is 11.8 Å². The predicted octanol–water partition coefficient (Wildman–Crippen LogP) is 4.91. The standard InChI is InChI=1S/C23H27ClFN3O3S/c1-32-19-5-2-4-18(13-19)31-23-20(12-15(25)14-26-23)22(30)28-17-9-7-16(8-10-17)27-21(29)6-3-11-24/h2,4-5,12-14,16-17H,3,6-11H2,1H3,(H,27,29)(H,28,30). The number of carbonyl (C=O) groups excluding carboxylic acids is 2. The highest BCUT2D eigenvalue weighted by atomic mass is 35.5. The second-order valence-electron chi connectivity index (χ2n) is 7.67. The van der Waals surface area contributed by atoms with Gasteiger partial charge in [-0.3, -0.25) is 9.59 Å². The molecule has 3 rings (SSSR count). The lowest BCUT2D eigenvalue weighted by Crippen LogP contribution is -2.43. The minimum atomic E-state index is -0.608. The summed E-state index contributed by atoms with van der Waals surface area (Å²) in [7, 11) is 0. The molecule has 1 aromatic heterocycles. The van der Waals surface area contributed by atoms with Crippen LogP contribution in [0.15, 0.2) is 41.4 Å². The number of alkyl halides is 1. The maximum atomic E-state index is 13.9. The van der Waals surface area contributed by atoms with Crippen molar-refractivity contribution in [2.75, 3.05) is 12.1 Å². The molecular formula is C23H27ClFN3O3S. The SMILES string of the molecule is CSc1cccc(Oc2ncc(F)cc2C(=O)NC2CCC(NC(=O)CCCCl)CC2)c1. The number of rotatable bonds is 9. The second-order valence-corrected chi connectivity index (χ2v) is 8.93. The number of thioether (sulfide) groups is 1. The molecule has 32 heavy (non-hydrogen) atoms. The van der Waals surface area contributed by atoms with E-state index in [-0.39, 0.29) is 29.4 Å². The molecule has 0 aliphatic heterocycles. The average Bonchev–Trinajstić information content (AvgIpc) is 2.80. The van der Waals surface area contributed by atoms with Crippen LogP contribution in [0.5, 0.6) is 11.6 Å². The van der Waals surface area contributed by atoms with Gasteiger partial charge in [0.25, 0.3) is 5.91 Å². The first-order valence-electron chi connectivity index (χ1n) is 10.6. The molecule has 1 aromatic carbocycles. The molecule has 0 bridgehead atoms. The van der Waals surface area contributed by atoms with Crippen molar-refractivity contribution < 1.29 is 18.7 Å². The molecule has 0 saturated heterocycles. The van der Waals surface area contributed by atoms with Crippen molar-refractivity contribution in [2.24, 2.45) is 0 Å². The Balaban J connectivity index is 1.59. The van der Waals surface area contributed by atoms with Gasteiger partial charge in [0, 0.05) is 29.3 Å². The van der Waals surface area contributed by atoms with Gasteiger partial charge in [-0.1, -0.05) is 6.07 Å². The molecule has 2 amide bonds. The Bertz CT molecular complexity index is 938. The molecule has 1 aliphatic carbocycles. The van der Waals surface area contributed by atoms with E-state index in [1.54, 1.807) is 17.8 Å². The molecule has 1 heterocycles. The minimum absolute atomic E-state index is 0.0105. The van der Waals surface area contributed by atoms with Gasteiger partial charge in [-0.25, -0.2) is 9.37 Å². The Hall–Kier alpha value is -2.32. The zero-order valence-corrected chi connectivity index (χ0v) is 19.5. The van der Waals surface area contributed by atoms with Crippen LogP contribution in [0.1, 0.15) is 48.9 Å². The largest absolute Gasteiger partial charge is 0.438 e. The number of benzene rings is 1. The van der Waals surface area contributed by atoms with Crippen LogP contribution in [0.4, 0.5) is 4.39 Å². The normalized spacial score (nSPS) is 18.1. The molecule has 1 aliphatic rings. The number of halogens is 2. The van der Waals surface area contributed by atoms with Crippen molar-refractivity contribution in [1.82, 2.24) is 15.6 Å². The number of pyridine rings is 1. The highest BCUT2D eigenvalue weighted by Crippen LogP contribution is 2.27. The van der Waals surface area contributed by atoms with E-state index in [1.807, 2.05) is 24.5 Å². The molecule has 0 spiro atoms. The fourth-order valence-electron chi connectivity index (χ4n) is 3.62. The van der Waals surface area contributed by atoms with Gasteiger partial charge in [-0.05, 0) is 62.6 Å². The number of aromatic nitrogens is 1. The van der Waals surface area contributed by atoms with E-state index in [4.69, 9.17) is 16.3 Å². The van der Waals surface area contributed by atoms with Crippen LogP contribution in [-0.2, 0) is 4.79 Å². The van der Waals surface area contributed by atoms with Gasteiger partial charge >= 0.3 is 0 Å².